The van der Waals surface area contributed by atoms with Crippen LogP contribution in [0.4, 0.5) is 11.4 Å². The van der Waals surface area contributed by atoms with E-state index in [-0.39, 0.29) is 16.8 Å². The van der Waals surface area contributed by atoms with Crippen molar-refractivity contribution < 1.29 is 19.1 Å². The first kappa shape index (κ1) is 18.8. The number of nitrogens with one attached hydrogen (secondary N) is 2. The summed E-state index contributed by atoms with van der Waals surface area (Å²) in [6.45, 7) is 0. The Morgan fingerprint density at radius 1 is 0.857 bits per heavy atom. The maximum Gasteiger partial charge on any atom is 0.339 e. The van der Waals surface area contributed by atoms with Gasteiger partial charge in [-0.2, -0.15) is 0 Å². The number of esters is 1. The molecule has 2 N–H and O–H groups in total. The number of carbonyl (C=O) groups excluding carboxylic acids is 3. The molecular formula is C21H17N3O4. The molecule has 3 aromatic rings. The van der Waals surface area contributed by atoms with Gasteiger partial charge in [0.05, 0.1) is 18.4 Å². The Morgan fingerprint density at radius 3 is 2.32 bits per heavy atom. The van der Waals surface area contributed by atoms with Gasteiger partial charge in [-0.15, -0.1) is 0 Å². The molecule has 0 spiro atoms. The van der Waals surface area contributed by atoms with Crippen molar-refractivity contribution in [2.24, 2.45) is 0 Å². The van der Waals surface area contributed by atoms with E-state index < -0.39 is 17.8 Å². The molecule has 0 saturated carbocycles. The highest BCUT2D eigenvalue weighted by Gasteiger charge is 2.16. The smallest absolute Gasteiger partial charge is 0.339 e. The minimum absolute atomic E-state index is 0.0951. The minimum atomic E-state index is -0.562. The average molecular weight is 375 g/mol. The van der Waals surface area contributed by atoms with E-state index in [1.807, 2.05) is 6.07 Å². The van der Waals surface area contributed by atoms with Crippen LogP contribution in [0.2, 0.25) is 0 Å². The van der Waals surface area contributed by atoms with Gasteiger partial charge in [0.25, 0.3) is 11.8 Å². The van der Waals surface area contributed by atoms with Crippen molar-refractivity contribution in [1.29, 1.82) is 0 Å². The standard InChI is InChI=1S/C21H17N3O4/c1-28-21(27)16-9-5-6-10-17(16)24-19(25)14-11-12-22-18(13-14)20(26)23-15-7-3-2-4-8-15/h2-13H,1H3,(H,23,26)(H,24,25). The van der Waals surface area contributed by atoms with Crippen molar-refractivity contribution in [1.82, 2.24) is 4.98 Å². The quantitative estimate of drug-likeness (QED) is 0.667. The summed E-state index contributed by atoms with van der Waals surface area (Å²) in [6.07, 6.45) is 1.38. The number of anilines is 2. The fraction of sp³-hybridized carbons (Fsp3) is 0.0476. The highest BCUT2D eigenvalue weighted by Crippen LogP contribution is 2.17. The summed E-state index contributed by atoms with van der Waals surface area (Å²) in [6, 6.07) is 18.3. The second-order valence-corrected chi connectivity index (χ2v) is 5.74. The summed E-state index contributed by atoms with van der Waals surface area (Å²) in [5, 5.41) is 5.37. The molecule has 7 heteroatoms. The number of methoxy groups -OCH3 is 1. The average Bonchev–Trinajstić information content (AvgIpc) is 2.74. The Hall–Kier alpha value is -4.00. The number of para-hydroxylation sites is 2. The van der Waals surface area contributed by atoms with Crippen LogP contribution in [0.1, 0.15) is 31.2 Å². The van der Waals surface area contributed by atoms with E-state index >= 15 is 0 Å². The summed E-state index contributed by atoms with van der Waals surface area (Å²) in [5.74, 6) is -1.48. The lowest BCUT2D eigenvalue weighted by atomic mass is 10.1. The van der Waals surface area contributed by atoms with Gasteiger partial charge in [-0.05, 0) is 36.4 Å². The maximum absolute atomic E-state index is 12.6. The summed E-state index contributed by atoms with van der Waals surface area (Å²) in [5.41, 5.74) is 1.49. The Bertz CT molecular complexity index is 1020. The molecule has 0 aliphatic heterocycles. The van der Waals surface area contributed by atoms with Crippen LogP contribution in [0, 0.1) is 0 Å². The molecular weight excluding hydrogens is 358 g/mol. The van der Waals surface area contributed by atoms with E-state index in [0.717, 1.165) is 0 Å². The third-order valence-electron chi connectivity index (χ3n) is 3.87. The molecule has 7 nitrogen and oxygen atoms in total. The summed E-state index contributed by atoms with van der Waals surface area (Å²) in [4.78, 5) is 40.8. The minimum Gasteiger partial charge on any atom is -0.465 e. The molecule has 28 heavy (non-hydrogen) atoms. The van der Waals surface area contributed by atoms with Gasteiger partial charge in [-0.1, -0.05) is 30.3 Å². The molecule has 1 heterocycles. The predicted molar refractivity (Wildman–Crippen MR) is 104 cm³/mol. The second kappa shape index (κ2) is 8.59. The zero-order valence-electron chi connectivity index (χ0n) is 15.0. The normalized spacial score (nSPS) is 10.0. The number of amides is 2. The summed E-state index contributed by atoms with van der Waals surface area (Å²) >= 11 is 0. The number of rotatable bonds is 5. The molecule has 0 aliphatic rings. The SMILES string of the molecule is COC(=O)c1ccccc1NC(=O)c1ccnc(C(=O)Nc2ccccc2)c1. The summed E-state index contributed by atoms with van der Waals surface area (Å²) in [7, 11) is 1.27. The van der Waals surface area contributed by atoms with Crippen LogP contribution in [0.5, 0.6) is 0 Å². The van der Waals surface area contributed by atoms with Crippen LogP contribution in [-0.2, 0) is 4.74 Å². The molecule has 0 unspecified atom stereocenters. The fourth-order valence-corrected chi connectivity index (χ4v) is 2.49. The van der Waals surface area contributed by atoms with Gasteiger partial charge < -0.3 is 15.4 Å². The second-order valence-electron chi connectivity index (χ2n) is 5.74. The number of hydrogen-bond acceptors (Lipinski definition) is 5. The largest absolute Gasteiger partial charge is 0.465 e. The van der Waals surface area contributed by atoms with Crippen LogP contribution in [0.25, 0.3) is 0 Å². The molecule has 140 valence electrons. The summed E-state index contributed by atoms with van der Waals surface area (Å²) < 4.78 is 4.72. The maximum atomic E-state index is 12.6. The van der Waals surface area contributed by atoms with E-state index in [4.69, 9.17) is 4.74 Å². The van der Waals surface area contributed by atoms with Crippen molar-refractivity contribution in [3.05, 3.63) is 89.7 Å². The van der Waals surface area contributed by atoms with Crippen LogP contribution >= 0.6 is 0 Å². The Balaban J connectivity index is 1.78. The van der Waals surface area contributed by atoms with Gasteiger partial charge >= 0.3 is 5.97 Å². The van der Waals surface area contributed by atoms with Gasteiger partial charge in [-0.3, -0.25) is 14.6 Å². The lowest BCUT2D eigenvalue weighted by Crippen LogP contribution is -2.18. The molecule has 3 rings (SSSR count). The van der Waals surface area contributed by atoms with Gasteiger partial charge in [-0.25, -0.2) is 4.79 Å². The third kappa shape index (κ3) is 4.39. The number of aromatic nitrogens is 1. The highest BCUT2D eigenvalue weighted by atomic mass is 16.5. The number of nitrogens with zero attached hydrogens (tertiary/aromatic N) is 1. The molecule has 1 aromatic heterocycles. The number of benzene rings is 2. The topological polar surface area (TPSA) is 97.4 Å². The number of hydrogen-bond donors (Lipinski definition) is 2. The van der Waals surface area contributed by atoms with Crippen molar-refractivity contribution in [3.8, 4) is 0 Å². The highest BCUT2D eigenvalue weighted by molar-refractivity contribution is 6.09. The van der Waals surface area contributed by atoms with Crippen molar-refractivity contribution in [2.75, 3.05) is 17.7 Å². The van der Waals surface area contributed by atoms with Crippen LogP contribution in [-0.4, -0.2) is 29.9 Å². The Labute approximate surface area is 161 Å². The van der Waals surface area contributed by atoms with E-state index in [1.165, 1.54) is 25.4 Å². The molecule has 0 aliphatic carbocycles. The zero-order valence-corrected chi connectivity index (χ0v) is 15.0. The van der Waals surface area contributed by atoms with Crippen LogP contribution < -0.4 is 10.6 Å². The van der Waals surface area contributed by atoms with E-state index in [0.29, 0.717) is 11.4 Å². The molecule has 0 radical (unpaired) electrons. The Morgan fingerprint density at radius 2 is 1.57 bits per heavy atom. The lowest BCUT2D eigenvalue weighted by Gasteiger charge is -2.10. The number of ether oxygens (including phenoxy) is 1. The first-order valence-corrected chi connectivity index (χ1v) is 8.39. The first-order chi connectivity index (χ1) is 13.6. The molecule has 0 fully saturated rings. The number of pyridine rings is 1. The van der Waals surface area contributed by atoms with Crippen molar-refractivity contribution >= 4 is 29.2 Å². The van der Waals surface area contributed by atoms with E-state index in [1.54, 1.807) is 48.5 Å². The number of carbonyl (C=O) groups is 3. The molecule has 2 amide bonds. The molecule has 2 aromatic carbocycles. The fourth-order valence-electron chi connectivity index (χ4n) is 2.49. The Kier molecular flexibility index (Phi) is 5.76. The lowest BCUT2D eigenvalue weighted by molar-refractivity contribution is 0.0602. The molecule has 0 saturated heterocycles. The van der Waals surface area contributed by atoms with E-state index in [2.05, 4.69) is 15.6 Å². The van der Waals surface area contributed by atoms with E-state index in [9.17, 15) is 14.4 Å². The van der Waals surface area contributed by atoms with Crippen molar-refractivity contribution in [2.45, 2.75) is 0 Å². The van der Waals surface area contributed by atoms with Crippen molar-refractivity contribution in [3.63, 3.8) is 0 Å². The molecule has 0 atom stereocenters. The van der Waals surface area contributed by atoms with Gasteiger partial charge in [0, 0.05) is 17.4 Å². The predicted octanol–water partition coefficient (Wildman–Crippen LogP) is 3.37. The van der Waals surface area contributed by atoms with Gasteiger partial charge in [0.2, 0.25) is 0 Å². The first-order valence-electron chi connectivity index (χ1n) is 8.39. The van der Waals surface area contributed by atoms with Crippen LogP contribution in [0.15, 0.2) is 72.9 Å². The monoisotopic (exact) mass is 375 g/mol. The zero-order chi connectivity index (χ0) is 19.9. The van der Waals surface area contributed by atoms with Crippen LogP contribution in [0.3, 0.4) is 0 Å². The van der Waals surface area contributed by atoms with Gasteiger partial charge in [0.1, 0.15) is 5.69 Å². The molecule has 0 bridgehead atoms. The third-order valence-corrected chi connectivity index (χ3v) is 3.87. The van der Waals surface area contributed by atoms with Gasteiger partial charge in [0.15, 0.2) is 0 Å².